The fraction of sp³-hybridized carbons (Fsp3) is 0.294. The second-order valence-corrected chi connectivity index (χ2v) is 5.14. The molecule has 1 unspecified atom stereocenters. The number of pyridine rings is 1. The minimum atomic E-state index is -4.38. The summed E-state index contributed by atoms with van der Waals surface area (Å²) >= 11 is 0. The number of hydrogen-bond acceptors (Lipinski definition) is 4. The maximum Gasteiger partial charge on any atom is 0.416 e. The lowest BCUT2D eigenvalue weighted by atomic mass is 10.0. The Bertz CT molecular complexity index is 700. The second kappa shape index (κ2) is 7.33. The van der Waals surface area contributed by atoms with E-state index in [-0.39, 0.29) is 12.6 Å². The average molecular weight is 338 g/mol. The average Bonchev–Trinajstić information content (AvgIpc) is 2.55. The molecule has 2 aromatic rings. The molecule has 0 fully saturated rings. The molecule has 0 amide bonds. The highest BCUT2D eigenvalue weighted by atomic mass is 19.4. The lowest BCUT2D eigenvalue weighted by molar-refractivity contribution is -0.137. The fourth-order valence-electron chi connectivity index (χ4n) is 2.10. The van der Waals surface area contributed by atoms with Gasteiger partial charge >= 0.3 is 12.1 Å². The smallest absolute Gasteiger partial charge is 0.416 e. The van der Waals surface area contributed by atoms with Crippen molar-refractivity contribution < 1.29 is 22.7 Å². The topological polar surface area (TPSA) is 51.2 Å². The third kappa shape index (κ3) is 4.47. The molecule has 0 saturated heterocycles. The number of carbonyl (C=O) groups is 1. The SMILES string of the molecule is CCOC(=O)c1ccc(NC(C)c2cccc(C(F)(F)F)c2)nc1. The van der Waals surface area contributed by atoms with E-state index in [9.17, 15) is 18.0 Å². The van der Waals surface area contributed by atoms with Crippen molar-refractivity contribution in [2.24, 2.45) is 0 Å². The number of anilines is 1. The number of esters is 1. The van der Waals surface area contributed by atoms with Gasteiger partial charge < -0.3 is 10.1 Å². The molecule has 1 aromatic carbocycles. The minimum Gasteiger partial charge on any atom is -0.462 e. The summed E-state index contributed by atoms with van der Waals surface area (Å²) in [5.41, 5.74) is 0.106. The first-order chi connectivity index (χ1) is 11.3. The van der Waals surface area contributed by atoms with Crippen LogP contribution in [0.15, 0.2) is 42.6 Å². The monoisotopic (exact) mass is 338 g/mol. The molecule has 0 saturated carbocycles. The molecule has 1 aromatic heterocycles. The van der Waals surface area contributed by atoms with E-state index in [1.807, 2.05) is 0 Å². The Balaban J connectivity index is 2.09. The van der Waals surface area contributed by atoms with E-state index in [2.05, 4.69) is 10.3 Å². The number of alkyl halides is 3. The van der Waals surface area contributed by atoms with E-state index in [4.69, 9.17) is 4.74 Å². The molecule has 2 rings (SSSR count). The molecule has 7 heteroatoms. The van der Waals surface area contributed by atoms with Crippen molar-refractivity contribution in [2.75, 3.05) is 11.9 Å². The fourth-order valence-corrected chi connectivity index (χ4v) is 2.10. The normalized spacial score (nSPS) is 12.5. The van der Waals surface area contributed by atoms with Gasteiger partial charge in [0, 0.05) is 12.2 Å². The van der Waals surface area contributed by atoms with Gasteiger partial charge in [0.2, 0.25) is 0 Å². The van der Waals surface area contributed by atoms with E-state index in [0.717, 1.165) is 12.1 Å². The highest BCUT2D eigenvalue weighted by Gasteiger charge is 2.30. The van der Waals surface area contributed by atoms with Crippen molar-refractivity contribution in [1.82, 2.24) is 4.98 Å². The van der Waals surface area contributed by atoms with Gasteiger partial charge in [-0.15, -0.1) is 0 Å². The second-order valence-electron chi connectivity index (χ2n) is 5.14. The Morgan fingerprint density at radius 3 is 2.62 bits per heavy atom. The van der Waals surface area contributed by atoms with Crippen LogP contribution in [-0.2, 0) is 10.9 Å². The zero-order valence-electron chi connectivity index (χ0n) is 13.2. The molecule has 0 aliphatic carbocycles. The summed E-state index contributed by atoms with van der Waals surface area (Å²) in [5, 5.41) is 3.00. The van der Waals surface area contributed by atoms with Gasteiger partial charge in [0.15, 0.2) is 0 Å². The first-order valence-corrected chi connectivity index (χ1v) is 7.38. The summed E-state index contributed by atoms with van der Waals surface area (Å²) in [5.74, 6) is -0.0181. The number of aromatic nitrogens is 1. The minimum absolute atomic E-state index is 0.269. The summed E-state index contributed by atoms with van der Waals surface area (Å²) in [4.78, 5) is 15.6. The predicted molar refractivity (Wildman–Crippen MR) is 83.7 cm³/mol. The third-order valence-corrected chi connectivity index (χ3v) is 3.35. The largest absolute Gasteiger partial charge is 0.462 e. The standard InChI is InChI=1S/C17H17F3N2O2/c1-3-24-16(23)13-7-8-15(21-10-13)22-11(2)12-5-4-6-14(9-12)17(18,19)20/h4-11H,3H2,1-2H3,(H,21,22). The van der Waals surface area contributed by atoms with Gasteiger partial charge in [0.25, 0.3) is 0 Å². The lowest BCUT2D eigenvalue weighted by Gasteiger charge is -2.17. The first-order valence-electron chi connectivity index (χ1n) is 7.38. The Morgan fingerprint density at radius 2 is 2.04 bits per heavy atom. The van der Waals surface area contributed by atoms with Crippen LogP contribution in [0.5, 0.6) is 0 Å². The van der Waals surface area contributed by atoms with Crippen LogP contribution in [0, 0.1) is 0 Å². The molecule has 1 heterocycles. The molecule has 1 N–H and O–H groups in total. The molecule has 0 radical (unpaired) electrons. The van der Waals surface area contributed by atoms with Crippen molar-refractivity contribution in [3.8, 4) is 0 Å². The molecule has 0 aliphatic heterocycles. The summed E-state index contributed by atoms with van der Waals surface area (Å²) in [6.45, 7) is 3.71. The Labute approximate surface area is 137 Å². The van der Waals surface area contributed by atoms with Crippen LogP contribution < -0.4 is 5.32 Å². The van der Waals surface area contributed by atoms with Gasteiger partial charge in [-0.05, 0) is 43.7 Å². The first kappa shape index (κ1) is 17.8. The van der Waals surface area contributed by atoms with Crippen LogP contribution >= 0.6 is 0 Å². The molecule has 0 aliphatic rings. The van der Waals surface area contributed by atoms with Gasteiger partial charge in [-0.25, -0.2) is 9.78 Å². The zero-order valence-corrected chi connectivity index (χ0v) is 13.2. The third-order valence-electron chi connectivity index (χ3n) is 3.35. The molecule has 128 valence electrons. The van der Waals surface area contributed by atoms with Crippen molar-refractivity contribution in [1.29, 1.82) is 0 Å². The maximum absolute atomic E-state index is 12.8. The summed E-state index contributed by atoms with van der Waals surface area (Å²) in [7, 11) is 0. The molecular weight excluding hydrogens is 321 g/mol. The maximum atomic E-state index is 12.8. The summed E-state index contributed by atoms with van der Waals surface area (Å²) < 4.78 is 43.2. The van der Waals surface area contributed by atoms with Gasteiger partial charge in [0.05, 0.1) is 17.7 Å². The van der Waals surface area contributed by atoms with Crippen LogP contribution in [0.3, 0.4) is 0 Å². The molecule has 0 bridgehead atoms. The van der Waals surface area contributed by atoms with Crippen LogP contribution in [0.4, 0.5) is 19.0 Å². The van der Waals surface area contributed by atoms with Crippen molar-refractivity contribution in [2.45, 2.75) is 26.1 Å². The van der Waals surface area contributed by atoms with E-state index in [0.29, 0.717) is 16.9 Å². The number of hydrogen-bond donors (Lipinski definition) is 1. The number of benzene rings is 1. The van der Waals surface area contributed by atoms with E-state index in [1.54, 1.807) is 32.0 Å². The summed E-state index contributed by atoms with van der Waals surface area (Å²) in [6.07, 6.45) is -3.02. The van der Waals surface area contributed by atoms with Crippen LogP contribution in [0.2, 0.25) is 0 Å². The summed E-state index contributed by atoms with van der Waals surface area (Å²) in [6, 6.07) is 7.86. The van der Waals surface area contributed by atoms with Crippen LogP contribution in [0.1, 0.15) is 41.4 Å². The number of ether oxygens (including phenoxy) is 1. The lowest BCUT2D eigenvalue weighted by Crippen LogP contribution is -2.11. The van der Waals surface area contributed by atoms with Gasteiger partial charge in [-0.1, -0.05) is 12.1 Å². The number of nitrogens with zero attached hydrogens (tertiary/aromatic N) is 1. The van der Waals surface area contributed by atoms with Crippen molar-refractivity contribution in [3.63, 3.8) is 0 Å². The molecule has 1 atom stereocenters. The predicted octanol–water partition coefficient (Wildman–Crippen LogP) is 4.45. The quantitative estimate of drug-likeness (QED) is 0.818. The Morgan fingerprint density at radius 1 is 1.29 bits per heavy atom. The molecule has 4 nitrogen and oxygen atoms in total. The number of carbonyl (C=O) groups excluding carboxylic acids is 1. The number of nitrogens with one attached hydrogen (secondary N) is 1. The Hall–Kier alpha value is -2.57. The number of rotatable bonds is 5. The Kier molecular flexibility index (Phi) is 5.43. The van der Waals surface area contributed by atoms with E-state index in [1.165, 1.54) is 12.3 Å². The van der Waals surface area contributed by atoms with Gasteiger partial charge in [-0.3, -0.25) is 0 Å². The van der Waals surface area contributed by atoms with E-state index < -0.39 is 17.7 Å². The molecular formula is C17H17F3N2O2. The van der Waals surface area contributed by atoms with Gasteiger partial charge in [-0.2, -0.15) is 13.2 Å². The van der Waals surface area contributed by atoms with Crippen molar-refractivity contribution in [3.05, 3.63) is 59.3 Å². The van der Waals surface area contributed by atoms with Crippen LogP contribution in [-0.4, -0.2) is 17.6 Å². The zero-order chi connectivity index (χ0) is 17.7. The van der Waals surface area contributed by atoms with Crippen LogP contribution in [0.25, 0.3) is 0 Å². The number of halogens is 3. The molecule has 0 spiro atoms. The molecule has 24 heavy (non-hydrogen) atoms. The van der Waals surface area contributed by atoms with Crippen molar-refractivity contribution >= 4 is 11.8 Å². The highest BCUT2D eigenvalue weighted by Crippen LogP contribution is 2.31. The van der Waals surface area contributed by atoms with Gasteiger partial charge in [0.1, 0.15) is 5.82 Å². The highest BCUT2D eigenvalue weighted by molar-refractivity contribution is 5.89. The van der Waals surface area contributed by atoms with E-state index >= 15 is 0 Å².